The molecule has 182 valence electrons. The van der Waals surface area contributed by atoms with Gasteiger partial charge in [-0.2, -0.15) is 5.26 Å². The summed E-state index contributed by atoms with van der Waals surface area (Å²) in [6.45, 7) is 6.71. The van der Waals surface area contributed by atoms with Gasteiger partial charge in [-0.1, -0.05) is 18.2 Å². The van der Waals surface area contributed by atoms with Crippen LogP contribution in [0.2, 0.25) is 0 Å². The number of rotatable bonds is 12. The highest BCUT2D eigenvalue weighted by molar-refractivity contribution is 6.05. The molecule has 7 nitrogen and oxygen atoms in total. The summed E-state index contributed by atoms with van der Waals surface area (Å²) in [5.74, 6) is -0.388. The molecule has 0 aliphatic carbocycles. The van der Waals surface area contributed by atoms with Crippen LogP contribution in [0, 0.1) is 11.3 Å². The number of amides is 1. The van der Waals surface area contributed by atoms with Crippen LogP contribution in [0.5, 0.6) is 0 Å². The van der Waals surface area contributed by atoms with E-state index in [1.165, 1.54) is 24.9 Å². The van der Waals surface area contributed by atoms with E-state index < -0.39 is 0 Å². The molecule has 0 aromatic heterocycles. The maximum Gasteiger partial charge on any atom is 0.262 e. The van der Waals surface area contributed by atoms with Gasteiger partial charge in [0.2, 0.25) is 0 Å². The van der Waals surface area contributed by atoms with E-state index in [-0.39, 0.29) is 11.5 Å². The van der Waals surface area contributed by atoms with Crippen LogP contribution in [0.4, 0.5) is 5.69 Å². The van der Waals surface area contributed by atoms with Gasteiger partial charge in [0.05, 0.1) is 33.0 Å². The topological polar surface area (TPSA) is 83.8 Å². The maximum atomic E-state index is 12.6. The zero-order chi connectivity index (χ0) is 24.2. The number of piperidine rings is 1. The Bertz CT molecular complexity index is 1020. The number of allylic oxidation sites excluding steroid dienone is 1. The van der Waals surface area contributed by atoms with Crippen molar-refractivity contribution in [2.75, 3.05) is 64.7 Å². The smallest absolute Gasteiger partial charge is 0.262 e. The van der Waals surface area contributed by atoms with Gasteiger partial charge in [0.15, 0.2) is 0 Å². The molecule has 2 aromatic carbocycles. The average molecular weight is 466 g/mol. The van der Waals surface area contributed by atoms with Gasteiger partial charge in [-0.05, 0) is 66.3 Å². The van der Waals surface area contributed by atoms with Crippen molar-refractivity contribution >= 4 is 27.9 Å². The third-order valence-corrected chi connectivity index (χ3v) is 6.03. The first-order valence-electron chi connectivity index (χ1n) is 12.0. The van der Waals surface area contributed by atoms with Crippen molar-refractivity contribution in [3.63, 3.8) is 0 Å². The predicted octanol–water partition coefficient (Wildman–Crippen LogP) is 3.92. The fraction of sp³-hybridized carbons (Fsp3) is 0.481. The van der Waals surface area contributed by atoms with E-state index in [9.17, 15) is 10.1 Å². The highest BCUT2D eigenvalue weighted by atomic mass is 16.5. The molecule has 0 spiro atoms. The first kappa shape index (κ1) is 25.7. The lowest BCUT2D eigenvalue weighted by molar-refractivity contribution is -0.117. The van der Waals surface area contributed by atoms with Crippen LogP contribution >= 0.6 is 0 Å². The second-order valence-corrected chi connectivity index (χ2v) is 8.38. The van der Waals surface area contributed by atoms with Crippen molar-refractivity contribution in [2.45, 2.75) is 26.2 Å². The number of nitrogens with one attached hydrogen (secondary N) is 1. The first-order valence-corrected chi connectivity index (χ1v) is 12.0. The van der Waals surface area contributed by atoms with Crippen LogP contribution in [0.3, 0.4) is 0 Å². The van der Waals surface area contributed by atoms with Gasteiger partial charge >= 0.3 is 0 Å². The van der Waals surface area contributed by atoms with Crippen molar-refractivity contribution in [3.05, 3.63) is 47.5 Å². The second-order valence-electron chi connectivity index (χ2n) is 8.38. The van der Waals surface area contributed by atoms with E-state index in [0.717, 1.165) is 29.4 Å². The average Bonchev–Trinajstić information content (AvgIpc) is 2.88. The summed E-state index contributed by atoms with van der Waals surface area (Å²) in [7, 11) is 1.62. The summed E-state index contributed by atoms with van der Waals surface area (Å²) in [6, 6.07) is 14.7. The Morgan fingerprint density at radius 2 is 1.65 bits per heavy atom. The molecule has 3 rings (SSSR count). The van der Waals surface area contributed by atoms with Crippen LogP contribution in [0.15, 0.2) is 42.0 Å². The van der Waals surface area contributed by atoms with Crippen LogP contribution in [-0.2, 0) is 19.0 Å². The Morgan fingerprint density at radius 1 is 0.971 bits per heavy atom. The number of methoxy groups -OCH3 is 1. The van der Waals surface area contributed by atoms with Crippen LogP contribution in [0.1, 0.15) is 31.7 Å². The summed E-state index contributed by atoms with van der Waals surface area (Å²) >= 11 is 0. The molecule has 1 fully saturated rings. The van der Waals surface area contributed by atoms with Crippen molar-refractivity contribution in [2.24, 2.45) is 0 Å². The van der Waals surface area contributed by atoms with E-state index in [4.69, 9.17) is 14.2 Å². The number of nitriles is 1. The molecule has 1 N–H and O–H groups in total. The second kappa shape index (κ2) is 13.7. The Labute approximate surface area is 202 Å². The van der Waals surface area contributed by atoms with Gasteiger partial charge in [0, 0.05) is 32.4 Å². The Morgan fingerprint density at radius 3 is 2.38 bits per heavy atom. The monoisotopic (exact) mass is 465 g/mol. The summed E-state index contributed by atoms with van der Waals surface area (Å²) in [4.78, 5) is 15.0. The fourth-order valence-electron chi connectivity index (χ4n) is 4.05. The van der Waals surface area contributed by atoms with Gasteiger partial charge in [-0.15, -0.1) is 0 Å². The number of hydrogen-bond donors (Lipinski definition) is 1. The number of carbonyl (C=O) groups is 1. The molecule has 1 saturated heterocycles. The lowest BCUT2D eigenvalue weighted by atomic mass is 9.98. The molecule has 1 amide bonds. The summed E-state index contributed by atoms with van der Waals surface area (Å²) in [5, 5.41) is 14.7. The molecule has 1 heterocycles. The zero-order valence-corrected chi connectivity index (χ0v) is 20.3. The van der Waals surface area contributed by atoms with E-state index in [1.54, 1.807) is 7.11 Å². The number of anilines is 1. The van der Waals surface area contributed by atoms with Gasteiger partial charge in [-0.3, -0.25) is 4.79 Å². The Balaban J connectivity index is 1.57. The minimum absolute atomic E-state index is 0.118. The van der Waals surface area contributed by atoms with Crippen LogP contribution in [-0.4, -0.2) is 65.7 Å². The number of nitrogens with zero attached hydrogens (tertiary/aromatic N) is 2. The minimum atomic E-state index is -0.388. The summed E-state index contributed by atoms with van der Waals surface area (Å²) in [6.07, 6.45) is 3.80. The van der Waals surface area contributed by atoms with Gasteiger partial charge < -0.3 is 24.4 Å². The molecule has 7 heteroatoms. The first-order chi connectivity index (χ1) is 16.6. The van der Waals surface area contributed by atoms with Gasteiger partial charge in [0.1, 0.15) is 11.6 Å². The Hall–Kier alpha value is -2.92. The molecule has 0 unspecified atom stereocenters. The van der Waals surface area contributed by atoms with E-state index >= 15 is 0 Å². The van der Waals surface area contributed by atoms with Crippen LogP contribution in [0.25, 0.3) is 16.3 Å². The molecule has 1 aliphatic rings. The van der Waals surface area contributed by atoms with Crippen molar-refractivity contribution in [1.29, 1.82) is 5.26 Å². The number of fused-ring (bicyclic) bond motifs is 1. The third kappa shape index (κ3) is 7.29. The molecule has 34 heavy (non-hydrogen) atoms. The normalized spacial score (nSPS) is 14.6. The quantitative estimate of drug-likeness (QED) is 0.291. The highest BCUT2D eigenvalue weighted by Gasteiger charge is 2.15. The van der Waals surface area contributed by atoms with Gasteiger partial charge in [-0.25, -0.2) is 0 Å². The molecular formula is C27H35N3O4. The predicted molar refractivity (Wildman–Crippen MR) is 135 cm³/mol. The fourth-order valence-corrected chi connectivity index (χ4v) is 4.05. The number of ether oxygens (including phenoxy) is 3. The minimum Gasteiger partial charge on any atom is -0.382 e. The summed E-state index contributed by atoms with van der Waals surface area (Å²) < 4.78 is 15.7. The highest BCUT2D eigenvalue weighted by Crippen LogP contribution is 2.28. The molecule has 0 bridgehead atoms. The molecule has 0 saturated carbocycles. The molecular weight excluding hydrogens is 430 g/mol. The molecule has 0 radical (unpaired) electrons. The largest absolute Gasteiger partial charge is 0.382 e. The number of carbonyl (C=O) groups excluding carboxylic acids is 1. The lowest BCUT2D eigenvalue weighted by Gasteiger charge is -2.29. The third-order valence-electron chi connectivity index (χ3n) is 6.03. The maximum absolute atomic E-state index is 12.6. The lowest BCUT2D eigenvalue weighted by Crippen LogP contribution is -2.29. The van der Waals surface area contributed by atoms with E-state index in [0.29, 0.717) is 45.2 Å². The number of hydrogen-bond acceptors (Lipinski definition) is 6. The summed E-state index contributed by atoms with van der Waals surface area (Å²) in [5.41, 5.74) is 2.91. The Kier molecular flexibility index (Phi) is 10.4. The zero-order valence-electron chi connectivity index (χ0n) is 20.3. The standard InChI is InChI=1S/C27H35N3O4/c1-21(26(20-28)27(31)29-10-13-33-16-17-34-15-14-32-2)22-6-7-24-19-25(9-8-23(24)18-22)30-11-4-3-5-12-30/h6-9,18-19H,3-5,10-17H2,1-2H3,(H,29,31)/b26-21+. The van der Waals surface area contributed by atoms with Crippen molar-refractivity contribution in [3.8, 4) is 6.07 Å². The SMILES string of the molecule is COCCOCCOCCNC(=O)/C(C#N)=C(\C)c1ccc2cc(N3CCCCC3)ccc2c1. The van der Waals surface area contributed by atoms with E-state index in [1.807, 2.05) is 19.1 Å². The van der Waals surface area contributed by atoms with E-state index in [2.05, 4.69) is 40.6 Å². The molecule has 1 aliphatic heterocycles. The molecule has 2 aromatic rings. The van der Waals surface area contributed by atoms with Gasteiger partial charge in [0.25, 0.3) is 5.91 Å². The van der Waals surface area contributed by atoms with Crippen molar-refractivity contribution < 1.29 is 19.0 Å². The number of benzene rings is 2. The molecule has 0 atom stereocenters. The van der Waals surface area contributed by atoms with Crippen molar-refractivity contribution in [1.82, 2.24) is 5.32 Å². The van der Waals surface area contributed by atoms with Crippen LogP contribution < -0.4 is 10.2 Å².